The number of allylic oxidation sites excluding steroid dienone is 2. The number of benzene rings is 2. The van der Waals surface area contributed by atoms with Crippen molar-refractivity contribution < 1.29 is 22.8 Å². The fourth-order valence-electron chi connectivity index (χ4n) is 2.53. The van der Waals surface area contributed by atoms with Crippen LogP contribution in [0.4, 0.5) is 10.5 Å². The normalized spacial score (nSPS) is 15.9. The first-order chi connectivity index (χ1) is 14.2. The SMILES string of the molecule is NS(=O)(=O)c1ccc(NC(=O)CN2C(=O)S/C(=C/C=C/c3ccccc3)C2=O)cc1. The number of imide groups is 1. The van der Waals surface area contributed by atoms with Crippen molar-refractivity contribution in [3.05, 3.63) is 77.2 Å². The smallest absolute Gasteiger partial charge is 0.294 e. The average molecular weight is 444 g/mol. The zero-order valence-corrected chi connectivity index (χ0v) is 17.2. The number of nitrogens with one attached hydrogen (secondary N) is 1. The fourth-order valence-corrected chi connectivity index (χ4v) is 3.84. The lowest BCUT2D eigenvalue weighted by atomic mass is 10.2. The number of primary sulfonamides is 1. The van der Waals surface area contributed by atoms with Crippen molar-refractivity contribution in [3.63, 3.8) is 0 Å². The van der Waals surface area contributed by atoms with Crippen LogP contribution in [0.3, 0.4) is 0 Å². The van der Waals surface area contributed by atoms with Crippen molar-refractivity contribution in [2.45, 2.75) is 4.90 Å². The molecule has 0 bridgehead atoms. The third kappa shape index (κ3) is 5.44. The molecule has 3 N–H and O–H groups in total. The number of sulfonamides is 1. The first-order valence-corrected chi connectivity index (χ1v) is 11.0. The maximum Gasteiger partial charge on any atom is 0.294 e. The molecule has 0 spiro atoms. The Morgan fingerprint density at radius 1 is 1.07 bits per heavy atom. The van der Waals surface area contributed by atoms with Gasteiger partial charge in [0.1, 0.15) is 6.54 Å². The zero-order chi connectivity index (χ0) is 21.7. The van der Waals surface area contributed by atoms with Crippen LogP contribution in [0.1, 0.15) is 5.56 Å². The van der Waals surface area contributed by atoms with Crippen molar-refractivity contribution >= 4 is 50.6 Å². The number of nitrogens with zero attached hydrogens (tertiary/aromatic N) is 1. The molecule has 154 valence electrons. The summed E-state index contributed by atoms with van der Waals surface area (Å²) in [7, 11) is -3.84. The van der Waals surface area contributed by atoms with Gasteiger partial charge < -0.3 is 5.32 Å². The van der Waals surface area contributed by atoms with E-state index in [-0.39, 0.29) is 9.80 Å². The minimum Gasteiger partial charge on any atom is -0.325 e. The van der Waals surface area contributed by atoms with E-state index in [1.807, 2.05) is 30.3 Å². The molecule has 0 aromatic heterocycles. The third-order valence-electron chi connectivity index (χ3n) is 3.98. The largest absolute Gasteiger partial charge is 0.325 e. The van der Waals surface area contributed by atoms with Gasteiger partial charge in [0.25, 0.3) is 11.1 Å². The van der Waals surface area contributed by atoms with Gasteiger partial charge in [-0.1, -0.05) is 42.5 Å². The molecule has 0 unspecified atom stereocenters. The summed E-state index contributed by atoms with van der Waals surface area (Å²) in [5.41, 5.74) is 1.25. The van der Waals surface area contributed by atoms with Crippen LogP contribution in [0.2, 0.25) is 0 Å². The van der Waals surface area contributed by atoms with Crippen molar-refractivity contribution in [3.8, 4) is 0 Å². The lowest BCUT2D eigenvalue weighted by Gasteiger charge is -2.12. The van der Waals surface area contributed by atoms with Gasteiger partial charge >= 0.3 is 0 Å². The van der Waals surface area contributed by atoms with Crippen LogP contribution in [0.5, 0.6) is 0 Å². The minimum atomic E-state index is -3.84. The minimum absolute atomic E-state index is 0.0971. The predicted molar refractivity (Wildman–Crippen MR) is 115 cm³/mol. The third-order valence-corrected chi connectivity index (χ3v) is 5.83. The molecule has 1 aliphatic rings. The van der Waals surface area contributed by atoms with Gasteiger partial charge in [-0.2, -0.15) is 0 Å². The van der Waals surface area contributed by atoms with Gasteiger partial charge in [0.2, 0.25) is 15.9 Å². The van der Waals surface area contributed by atoms with Gasteiger partial charge in [-0.15, -0.1) is 0 Å². The number of hydrogen-bond acceptors (Lipinski definition) is 6. The van der Waals surface area contributed by atoms with Gasteiger partial charge in [0.15, 0.2) is 0 Å². The summed E-state index contributed by atoms with van der Waals surface area (Å²) in [6, 6.07) is 14.7. The second-order valence-electron chi connectivity index (χ2n) is 6.18. The molecule has 2 aromatic carbocycles. The van der Waals surface area contributed by atoms with Crippen LogP contribution in [-0.2, 0) is 19.6 Å². The summed E-state index contributed by atoms with van der Waals surface area (Å²) in [6.45, 7) is -0.457. The highest BCUT2D eigenvalue weighted by Crippen LogP contribution is 2.30. The highest BCUT2D eigenvalue weighted by atomic mass is 32.2. The Morgan fingerprint density at radius 2 is 1.73 bits per heavy atom. The summed E-state index contributed by atoms with van der Waals surface area (Å²) < 4.78 is 22.5. The second kappa shape index (κ2) is 9.08. The summed E-state index contributed by atoms with van der Waals surface area (Å²) in [4.78, 5) is 37.7. The van der Waals surface area contributed by atoms with E-state index in [2.05, 4.69) is 5.32 Å². The number of carbonyl (C=O) groups is 3. The molecule has 0 radical (unpaired) electrons. The molecule has 0 saturated carbocycles. The van der Waals surface area contributed by atoms with Crippen molar-refractivity contribution in [1.82, 2.24) is 4.90 Å². The molecule has 30 heavy (non-hydrogen) atoms. The molecule has 0 atom stereocenters. The maximum atomic E-state index is 12.4. The Kier molecular flexibility index (Phi) is 6.50. The number of rotatable bonds is 6. The zero-order valence-electron chi connectivity index (χ0n) is 15.5. The van der Waals surface area contributed by atoms with Gasteiger partial charge in [-0.05, 0) is 47.7 Å². The number of amides is 3. The number of carbonyl (C=O) groups excluding carboxylic acids is 3. The van der Waals surface area contributed by atoms with E-state index in [0.29, 0.717) is 5.69 Å². The van der Waals surface area contributed by atoms with E-state index in [1.54, 1.807) is 12.2 Å². The molecular weight excluding hydrogens is 426 g/mol. The maximum absolute atomic E-state index is 12.4. The molecule has 1 fully saturated rings. The molecule has 3 rings (SSSR count). The number of nitrogens with two attached hydrogens (primary N) is 1. The predicted octanol–water partition coefficient (Wildman–Crippen LogP) is 2.57. The van der Waals surface area contributed by atoms with E-state index in [0.717, 1.165) is 22.2 Å². The monoisotopic (exact) mass is 443 g/mol. The van der Waals surface area contributed by atoms with E-state index < -0.39 is 33.6 Å². The Balaban J connectivity index is 1.61. The van der Waals surface area contributed by atoms with E-state index in [1.165, 1.54) is 30.3 Å². The number of anilines is 1. The van der Waals surface area contributed by atoms with Crippen molar-refractivity contribution in [2.75, 3.05) is 11.9 Å². The van der Waals surface area contributed by atoms with Crippen LogP contribution >= 0.6 is 11.8 Å². The summed E-state index contributed by atoms with van der Waals surface area (Å²) in [6.07, 6.45) is 4.99. The summed E-state index contributed by atoms with van der Waals surface area (Å²) in [5, 5.41) is 6.98. The van der Waals surface area contributed by atoms with Crippen molar-refractivity contribution in [2.24, 2.45) is 5.14 Å². The number of hydrogen-bond donors (Lipinski definition) is 2. The standard InChI is InChI=1S/C20H17N3O5S2/c21-30(27,28)16-11-9-15(10-12-16)22-18(24)13-23-19(25)17(29-20(23)26)8-4-7-14-5-2-1-3-6-14/h1-12H,13H2,(H,22,24)(H2,21,27,28)/b7-4+,17-8+. The van der Waals surface area contributed by atoms with Crippen LogP contribution in [-0.4, -0.2) is 36.9 Å². The first-order valence-electron chi connectivity index (χ1n) is 8.64. The van der Waals surface area contributed by atoms with Gasteiger partial charge in [-0.3, -0.25) is 19.3 Å². The summed E-state index contributed by atoms with van der Waals surface area (Å²) in [5.74, 6) is -1.15. The quantitative estimate of drug-likeness (QED) is 0.661. The van der Waals surface area contributed by atoms with Crippen LogP contribution in [0.15, 0.2) is 76.5 Å². The highest BCUT2D eigenvalue weighted by molar-refractivity contribution is 8.18. The Labute approximate surface area is 177 Å². The van der Waals surface area contributed by atoms with E-state index >= 15 is 0 Å². The molecular formula is C20H17N3O5S2. The lowest BCUT2D eigenvalue weighted by Crippen LogP contribution is -2.36. The average Bonchev–Trinajstić information content (AvgIpc) is 2.96. The van der Waals surface area contributed by atoms with Crippen LogP contribution in [0, 0.1) is 0 Å². The van der Waals surface area contributed by atoms with Gasteiger partial charge in [-0.25, -0.2) is 13.6 Å². The number of thioether (sulfide) groups is 1. The molecule has 0 aliphatic carbocycles. The molecule has 10 heteroatoms. The lowest BCUT2D eigenvalue weighted by molar-refractivity contribution is -0.127. The Bertz CT molecular complexity index is 1140. The fraction of sp³-hybridized carbons (Fsp3) is 0.0500. The molecule has 3 amide bonds. The second-order valence-corrected chi connectivity index (χ2v) is 8.73. The van der Waals surface area contributed by atoms with Crippen LogP contribution < -0.4 is 10.5 Å². The van der Waals surface area contributed by atoms with E-state index in [4.69, 9.17) is 5.14 Å². The van der Waals surface area contributed by atoms with E-state index in [9.17, 15) is 22.8 Å². The molecule has 1 saturated heterocycles. The first kappa shape index (κ1) is 21.5. The van der Waals surface area contributed by atoms with Crippen molar-refractivity contribution in [1.29, 1.82) is 0 Å². The molecule has 1 heterocycles. The topological polar surface area (TPSA) is 127 Å². The van der Waals surface area contributed by atoms with Gasteiger partial charge in [0, 0.05) is 5.69 Å². The van der Waals surface area contributed by atoms with Crippen LogP contribution in [0.25, 0.3) is 6.08 Å². The summed E-state index contributed by atoms with van der Waals surface area (Å²) >= 11 is 0.757. The molecule has 1 aliphatic heterocycles. The molecule has 8 nitrogen and oxygen atoms in total. The molecule has 2 aromatic rings. The Hall–Kier alpha value is -3.21. The van der Waals surface area contributed by atoms with Gasteiger partial charge in [0.05, 0.1) is 9.80 Å². The highest BCUT2D eigenvalue weighted by Gasteiger charge is 2.35. The Morgan fingerprint density at radius 3 is 2.37 bits per heavy atom.